The van der Waals surface area contributed by atoms with Crippen molar-refractivity contribution in [2.75, 3.05) is 20.8 Å². The van der Waals surface area contributed by atoms with Crippen LogP contribution in [0.1, 0.15) is 30.3 Å². The molecular weight excluding hydrogens is 225 g/mol. The van der Waals surface area contributed by atoms with Crippen molar-refractivity contribution < 1.29 is 19.0 Å². The van der Waals surface area contributed by atoms with Crippen LogP contribution in [-0.4, -0.2) is 25.9 Å². The van der Waals surface area contributed by atoms with E-state index in [1.807, 2.05) is 0 Å². The van der Waals surface area contributed by atoms with E-state index in [-0.39, 0.29) is 6.61 Å². The third kappa shape index (κ3) is 2.87. The lowest BCUT2D eigenvalue weighted by molar-refractivity contribution is 0.264. The molecule has 0 saturated heterocycles. The van der Waals surface area contributed by atoms with E-state index in [2.05, 4.69) is 0 Å². The zero-order valence-electron chi connectivity index (χ0n) is 10.2. The van der Waals surface area contributed by atoms with Crippen LogP contribution >= 0.6 is 0 Å². The van der Waals surface area contributed by atoms with E-state index >= 15 is 0 Å². The predicted octanol–water partition coefficient (Wildman–Crippen LogP) is 1.73. The molecule has 0 aliphatic carbocycles. The number of ether oxygens (including phenoxy) is 2. The Bertz CT molecular complexity index is 382. The van der Waals surface area contributed by atoms with Crippen LogP contribution in [0.4, 0.5) is 4.39 Å². The van der Waals surface area contributed by atoms with Crippen LogP contribution in [0.5, 0.6) is 11.5 Å². The molecule has 2 unspecified atom stereocenters. The van der Waals surface area contributed by atoms with Gasteiger partial charge in [-0.15, -0.1) is 0 Å². The molecule has 1 aromatic rings. The molecule has 0 fully saturated rings. The number of rotatable bonds is 5. The number of aliphatic hydroxyl groups is 1. The van der Waals surface area contributed by atoms with Gasteiger partial charge in [-0.1, -0.05) is 0 Å². The molecule has 0 radical (unpaired) electrons. The summed E-state index contributed by atoms with van der Waals surface area (Å²) < 4.78 is 23.7. The monoisotopic (exact) mass is 243 g/mol. The number of nitrogens with two attached hydrogens (primary N) is 1. The lowest BCUT2D eigenvalue weighted by Crippen LogP contribution is -2.16. The molecule has 17 heavy (non-hydrogen) atoms. The maximum Gasteiger partial charge on any atom is 0.126 e. The van der Waals surface area contributed by atoms with Crippen LogP contribution in [0, 0.1) is 0 Å². The third-order valence-electron chi connectivity index (χ3n) is 2.61. The van der Waals surface area contributed by atoms with Crippen molar-refractivity contribution in [2.24, 2.45) is 5.73 Å². The van der Waals surface area contributed by atoms with Gasteiger partial charge in [0.15, 0.2) is 0 Å². The summed E-state index contributed by atoms with van der Waals surface area (Å²) in [6.45, 7) is 1.20. The molecule has 0 spiro atoms. The molecule has 1 aromatic carbocycles. The van der Waals surface area contributed by atoms with Gasteiger partial charge in [0.1, 0.15) is 17.7 Å². The lowest BCUT2D eigenvalue weighted by atomic mass is 10.0. The summed E-state index contributed by atoms with van der Waals surface area (Å²) in [6.07, 6.45) is -1.17. The molecule has 2 atom stereocenters. The van der Waals surface area contributed by atoms with Crippen molar-refractivity contribution in [3.8, 4) is 11.5 Å². The normalized spacial score (nSPS) is 14.2. The Labute approximate surface area is 100 Å². The standard InChI is InChI=1S/C12H18FNO3/c1-7(13)8-4-12(17-3)9(10(14)6-15)5-11(8)16-2/h4-5,7,10,15H,6,14H2,1-3H3. The smallest absolute Gasteiger partial charge is 0.126 e. The van der Waals surface area contributed by atoms with Crippen LogP contribution in [-0.2, 0) is 0 Å². The van der Waals surface area contributed by atoms with E-state index in [1.165, 1.54) is 21.1 Å². The Morgan fingerprint density at radius 3 is 2.12 bits per heavy atom. The van der Waals surface area contributed by atoms with E-state index in [4.69, 9.17) is 20.3 Å². The second kappa shape index (κ2) is 5.84. The minimum absolute atomic E-state index is 0.218. The zero-order valence-corrected chi connectivity index (χ0v) is 10.2. The first-order valence-corrected chi connectivity index (χ1v) is 5.31. The summed E-state index contributed by atoms with van der Waals surface area (Å²) in [7, 11) is 2.93. The van der Waals surface area contributed by atoms with Gasteiger partial charge in [-0.2, -0.15) is 0 Å². The van der Waals surface area contributed by atoms with E-state index in [0.717, 1.165) is 0 Å². The summed E-state index contributed by atoms with van der Waals surface area (Å²) in [5, 5.41) is 9.05. The lowest BCUT2D eigenvalue weighted by Gasteiger charge is -2.18. The molecule has 96 valence electrons. The molecule has 5 heteroatoms. The first-order valence-electron chi connectivity index (χ1n) is 5.31. The highest BCUT2D eigenvalue weighted by Gasteiger charge is 2.18. The molecule has 3 N–H and O–H groups in total. The summed E-state index contributed by atoms with van der Waals surface area (Å²) in [6, 6.07) is 2.57. The average molecular weight is 243 g/mol. The number of methoxy groups -OCH3 is 2. The Kier molecular flexibility index (Phi) is 4.72. The first-order chi connectivity index (χ1) is 8.04. The van der Waals surface area contributed by atoms with E-state index < -0.39 is 12.2 Å². The summed E-state index contributed by atoms with van der Waals surface area (Å²) in [4.78, 5) is 0. The fourth-order valence-corrected chi connectivity index (χ4v) is 1.64. The van der Waals surface area contributed by atoms with Crippen molar-refractivity contribution in [1.82, 2.24) is 0 Å². The molecule has 0 amide bonds. The van der Waals surface area contributed by atoms with E-state index in [1.54, 1.807) is 12.1 Å². The highest BCUT2D eigenvalue weighted by molar-refractivity contribution is 5.48. The number of alkyl halides is 1. The van der Waals surface area contributed by atoms with Gasteiger partial charge in [-0.05, 0) is 19.1 Å². The van der Waals surface area contributed by atoms with Crippen molar-refractivity contribution in [3.63, 3.8) is 0 Å². The van der Waals surface area contributed by atoms with Gasteiger partial charge in [0.25, 0.3) is 0 Å². The number of hydrogen-bond donors (Lipinski definition) is 2. The minimum atomic E-state index is -1.17. The van der Waals surface area contributed by atoms with Gasteiger partial charge in [-0.3, -0.25) is 0 Å². The Morgan fingerprint density at radius 2 is 1.71 bits per heavy atom. The molecule has 0 heterocycles. The Morgan fingerprint density at radius 1 is 1.24 bits per heavy atom. The molecule has 0 aliphatic heterocycles. The number of hydrogen-bond acceptors (Lipinski definition) is 4. The van der Waals surface area contributed by atoms with Crippen LogP contribution in [0.3, 0.4) is 0 Å². The van der Waals surface area contributed by atoms with E-state index in [9.17, 15) is 4.39 Å². The number of benzene rings is 1. The van der Waals surface area contributed by atoms with E-state index in [0.29, 0.717) is 22.6 Å². The number of aliphatic hydroxyl groups excluding tert-OH is 1. The molecule has 0 bridgehead atoms. The van der Waals surface area contributed by atoms with Gasteiger partial charge in [0.05, 0.1) is 26.9 Å². The molecule has 0 saturated carbocycles. The second-order valence-electron chi connectivity index (χ2n) is 3.74. The first kappa shape index (κ1) is 13.7. The van der Waals surface area contributed by atoms with Gasteiger partial charge in [-0.25, -0.2) is 4.39 Å². The minimum Gasteiger partial charge on any atom is -0.496 e. The highest BCUT2D eigenvalue weighted by atomic mass is 19.1. The van der Waals surface area contributed by atoms with Crippen LogP contribution in [0.2, 0.25) is 0 Å². The topological polar surface area (TPSA) is 64.7 Å². The maximum absolute atomic E-state index is 13.4. The quantitative estimate of drug-likeness (QED) is 0.826. The number of halogens is 1. The summed E-state index contributed by atoms with van der Waals surface area (Å²) in [5.74, 6) is 0.853. The summed E-state index contributed by atoms with van der Waals surface area (Å²) in [5.41, 5.74) is 6.74. The largest absolute Gasteiger partial charge is 0.496 e. The second-order valence-corrected chi connectivity index (χ2v) is 3.74. The fraction of sp³-hybridized carbons (Fsp3) is 0.500. The molecule has 0 aromatic heterocycles. The van der Waals surface area contributed by atoms with Crippen LogP contribution < -0.4 is 15.2 Å². The SMILES string of the molecule is COc1cc(C(N)CO)c(OC)cc1C(C)F. The molecule has 1 rings (SSSR count). The summed E-state index contributed by atoms with van der Waals surface area (Å²) >= 11 is 0. The van der Waals surface area contributed by atoms with Crippen LogP contribution in [0.15, 0.2) is 12.1 Å². The van der Waals surface area contributed by atoms with Gasteiger partial charge in [0, 0.05) is 11.1 Å². The Hall–Kier alpha value is -1.33. The predicted molar refractivity (Wildman–Crippen MR) is 63.1 cm³/mol. The average Bonchev–Trinajstić information content (AvgIpc) is 2.35. The van der Waals surface area contributed by atoms with Gasteiger partial charge in [0.2, 0.25) is 0 Å². The van der Waals surface area contributed by atoms with Crippen molar-refractivity contribution in [1.29, 1.82) is 0 Å². The van der Waals surface area contributed by atoms with Crippen molar-refractivity contribution >= 4 is 0 Å². The Balaban J connectivity index is 3.32. The van der Waals surface area contributed by atoms with Crippen molar-refractivity contribution in [3.05, 3.63) is 23.3 Å². The van der Waals surface area contributed by atoms with Gasteiger partial charge >= 0.3 is 0 Å². The third-order valence-corrected chi connectivity index (χ3v) is 2.61. The zero-order chi connectivity index (χ0) is 13.0. The van der Waals surface area contributed by atoms with Gasteiger partial charge < -0.3 is 20.3 Å². The fourth-order valence-electron chi connectivity index (χ4n) is 1.64. The maximum atomic E-state index is 13.4. The van der Waals surface area contributed by atoms with Crippen molar-refractivity contribution in [2.45, 2.75) is 19.1 Å². The van der Waals surface area contributed by atoms with Crippen LogP contribution in [0.25, 0.3) is 0 Å². The molecule has 0 aliphatic rings. The highest BCUT2D eigenvalue weighted by Crippen LogP contribution is 2.36. The molecule has 4 nitrogen and oxygen atoms in total. The molecular formula is C12H18FNO3.